The zero-order chi connectivity index (χ0) is 13.7. The Hall–Kier alpha value is -0.730. The van der Waals surface area contributed by atoms with Crippen LogP contribution in [0.15, 0.2) is 24.3 Å². The summed E-state index contributed by atoms with van der Waals surface area (Å²) < 4.78 is 0. The van der Waals surface area contributed by atoms with E-state index in [1.807, 2.05) is 24.3 Å². The van der Waals surface area contributed by atoms with Crippen LogP contribution in [0.2, 0.25) is 5.02 Å². The Labute approximate surface area is 124 Å². The molecule has 0 spiro atoms. The van der Waals surface area contributed by atoms with Gasteiger partial charge in [0.25, 0.3) is 0 Å². The Bertz CT molecular complexity index is 419. The summed E-state index contributed by atoms with van der Waals surface area (Å²) in [5.41, 5.74) is 0.988. The van der Waals surface area contributed by atoms with E-state index in [1.165, 1.54) is 19.3 Å². The maximum atomic E-state index is 11.9. The van der Waals surface area contributed by atoms with Gasteiger partial charge in [0, 0.05) is 17.4 Å². The zero-order valence-electron chi connectivity index (χ0n) is 10.9. The van der Waals surface area contributed by atoms with Crippen molar-refractivity contribution >= 4 is 29.1 Å². The standard InChI is InChI=1S/C15H19Cl2NO/c16-9-12-2-1-3-13(12)10-18-15(19)8-11-4-6-14(17)7-5-11/h4-7,12-13H,1-3,8-10H2,(H,18,19). The molecule has 4 heteroatoms. The molecule has 104 valence electrons. The van der Waals surface area contributed by atoms with Gasteiger partial charge >= 0.3 is 0 Å². The number of nitrogens with one attached hydrogen (secondary N) is 1. The fourth-order valence-electron chi connectivity index (χ4n) is 2.68. The van der Waals surface area contributed by atoms with E-state index in [1.54, 1.807) is 0 Å². The van der Waals surface area contributed by atoms with Crippen molar-refractivity contribution in [3.05, 3.63) is 34.9 Å². The van der Waals surface area contributed by atoms with Gasteiger partial charge in [-0.1, -0.05) is 30.2 Å². The van der Waals surface area contributed by atoms with Crippen LogP contribution in [0.3, 0.4) is 0 Å². The van der Waals surface area contributed by atoms with E-state index in [0.29, 0.717) is 29.2 Å². The number of amides is 1. The average molecular weight is 300 g/mol. The first-order valence-corrected chi connectivity index (χ1v) is 7.67. The first-order chi connectivity index (χ1) is 9.19. The molecule has 1 aromatic carbocycles. The van der Waals surface area contributed by atoms with Crippen LogP contribution in [0.4, 0.5) is 0 Å². The van der Waals surface area contributed by atoms with Crippen LogP contribution < -0.4 is 5.32 Å². The molecular formula is C15H19Cl2NO. The number of carbonyl (C=O) groups excluding carboxylic acids is 1. The fourth-order valence-corrected chi connectivity index (χ4v) is 3.21. The summed E-state index contributed by atoms with van der Waals surface area (Å²) in [5.74, 6) is 1.89. The molecule has 0 saturated heterocycles. The summed E-state index contributed by atoms with van der Waals surface area (Å²) in [4.78, 5) is 11.9. The van der Waals surface area contributed by atoms with E-state index in [4.69, 9.17) is 23.2 Å². The van der Waals surface area contributed by atoms with E-state index < -0.39 is 0 Å². The lowest BCUT2D eigenvalue weighted by molar-refractivity contribution is -0.120. The molecule has 0 aliphatic heterocycles. The van der Waals surface area contributed by atoms with Crippen LogP contribution in [-0.4, -0.2) is 18.3 Å². The molecule has 1 N–H and O–H groups in total. The molecule has 1 saturated carbocycles. The van der Waals surface area contributed by atoms with Gasteiger partial charge in [-0.3, -0.25) is 4.79 Å². The topological polar surface area (TPSA) is 29.1 Å². The van der Waals surface area contributed by atoms with Crippen molar-refractivity contribution in [3.63, 3.8) is 0 Å². The Balaban J connectivity index is 1.77. The molecule has 19 heavy (non-hydrogen) atoms. The molecule has 0 aromatic heterocycles. The van der Waals surface area contributed by atoms with E-state index >= 15 is 0 Å². The highest BCUT2D eigenvalue weighted by molar-refractivity contribution is 6.30. The van der Waals surface area contributed by atoms with Crippen LogP contribution in [0.25, 0.3) is 0 Å². The van der Waals surface area contributed by atoms with Gasteiger partial charge in [0.1, 0.15) is 0 Å². The van der Waals surface area contributed by atoms with Gasteiger partial charge in [0.15, 0.2) is 0 Å². The van der Waals surface area contributed by atoms with Crippen molar-refractivity contribution in [2.45, 2.75) is 25.7 Å². The smallest absolute Gasteiger partial charge is 0.224 e. The largest absolute Gasteiger partial charge is 0.356 e. The average Bonchev–Trinajstić information content (AvgIpc) is 2.86. The summed E-state index contributed by atoms with van der Waals surface area (Å²) in [5, 5.41) is 3.72. The van der Waals surface area contributed by atoms with Gasteiger partial charge in [-0.05, 0) is 42.4 Å². The lowest BCUT2D eigenvalue weighted by atomic mass is 9.98. The molecular weight excluding hydrogens is 281 g/mol. The fraction of sp³-hybridized carbons (Fsp3) is 0.533. The number of alkyl halides is 1. The molecule has 1 aliphatic carbocycles. The van der Waals surface area contributed by atoms with Gasteiger partial charge < -0.3 is 5.32 Å². The SMILES string of the molecule is O=C(Cc1ccc(Cl)cc1)NCC1CCCC1CCl. The van der Waals surface area contributed by atoms with Crippen molar-refractivity contribution in [3.8, 4) is 0 Å². The van der Waals surface area contributed by atoms with Crippen molar-refractivity contribution < 1.29 is 4.79 Å². The van der Waals surface area contributed by atoms with Crippen molar-refractivity contribution in [1.82, 2.24) is 5.32 Å². The van der Waals surface area contributed by atoms with Crippen LogP contribution in [0.1, 0.15) is 24.8 Å². The molecule has 2 rings (SSSR count). The number of hydrogen-bond donors (Lipinski definition) is 1. The van der Waals surface area contributed by atoms with Crippen LogP contribution in [0.5, 0.6) is 0 Å². The van der Waals surface area contributed by atoms with Gasteiger partial charge in [-0.2, -0.15) is 0 Å². The second-order valence-electron chi connectivity index (χ2n) is 5.21. The summed E-state index contributed by atoms with van der Waals surface area (Å²) in [6, 6.07) is 7.40. The monoisotopic (exact) mass is 299 g/mol. The Kier molecular flexibility index (Phi) is 5.53. The molecule has 2 nitrogen and oxygen atoms in total. The lowest BCUT2D eigenvalue weighted by Crippen LogP contribution is -2.32. The first kappa shape index (κ1) is 14.7. The van der Waals surface area contributed by atoms with Gasteiger partial charge in [-0.25, -0.2) is 0 Å². The number of carbonyl (C=O) groups is 1. The molecule has 1 fully saturated rings. The van der Waals surface area contributed by atoms with Crippen LogP contribution in [-0.2, 0) is 11.2 Å². The normalized spacial score (nSPS) is 22.4. The maximum Gasteiger partial charge on any atom is 0.224 e. The Morgan fingerprint density at radius 1 is 1.21 bits per heavy atom. The van der Waals surface area contributed by atoms with E-state index in [2.05, 4.69) is 5.32 Å². The van der Waals surface area contributed by atoms with Crippen LogP contribution >= 0.6 is 23.2 Å². The molecule has 1 aromatic rings. The highest BCUT2D eigenvalue weighted by Gasteiger charge is 2.26. The molecule has 1 amide bonds. The van der Waals surface area contributed by atoms with Crippen LogP contribution in [0, 0.1) is 11.8 Å². The van der Waals surface area contributed by atoms with Gasteiger partial charge in [0.2, 0.25) is 5.91 Å². The summed E-state index contributed by atoms with van der Waals surface area (Å²) >= 11 is 11.8. The lowest BCUT2D eigenvalue weighted by Gasteiger charge is -2.17. The molecule has 0 radical (unpaired) electrons. The van der Waals surface area contributed by atoms with Crippen molar-refractivity contribution in [2.75, 3.05) is 12.4 Å². The minimum Gasteiger partial charge on any atom is -0.356 e. The summed E-state index contributed by atoms with van der Waals surface area (Å²) in [6.07, 6.45) is 4.02. The number of rotatable bonds is 5. The minimum atomic E-state index is 0.0718. The third kappa shape index (κ3) is 4.39. The third-order valence-electron chi connectivity index (χ3n) is 3.85. The maximum absolute atomic E-state index is 11.9. The highest BCUT2D eigenvalue weighted by atomic mass is 35.5. The second-order valence-corrected chi connectivity index (χ2v) is 5.96. The van der Waals surface area contributed by atoms with Gasteiger partial charge in [-0.15, -0.1) is 11.6 Å². The van der Waals surface area contributed by atoms with Crippen molar-refractivity contribution in [1.29, 1.82) is 0 Å². The van der Waals surface area contributed by atoms with Crippen molar-refractivity contribution in [2.24, 2.45) is 11.8 Å². The molecule has 1 aliphatic rings. The summed E-state index contributed by atoms with van der Waals surface area (Å²) in [7, 11) is 0. The van der Waals surface area contributed by atoms with E-state index in [0.717, 1.165) is 12.1 Å². The van der Waals surface area contributed by atoms with E-state index in [9.17, 15) is 4.79 Å². The Morgan fingerprint density at radius 2 is 1.89 bits per heavy atom. The molecule has 2 unspecified atom stereocenters. The first-order valence-electron chi connectivity index (χ1n) is 6.76. The zero-order valence-corrected chi connectivity index (χ0v) is 12.4. The predicted octanol–water partition coefficient (Wildman–Crippen LogP) is 3.65. The van der Waals surface area contributed by atoms with Gasteiger partial charge in [0.05, 0.1) is 6.42 Å². The summed E-state index contributed by atoms with van der Waals surface area (Å²) in [6.45, 7) is 0.754. The molecule has 0 heterocycles. The third-order valence-corrected chi connectivity index (χ3v) is 4.50. The predicted molar refractivity (Wildman–Crippen MR) is 79.7 cm³/mol. The minimum absolute atomic E-state index is 0.0718. The molecule has 0 bridgehead atoms. The second kappa shape index (κ2) is 7.16. The Morgan fingerprint density at radius 3 is 2.58 bits per heavy atom. The number of halogens is 2. The van der Waals surface area contributed by atoms with E-state index in [-0.39, 0.29) is 5.91 Å². The quantitative estimate of drug-likeness (QED) is 0.826. The number of benzene rings is 1. The molecule has 2 atom stereocenters. The number of hydrogen-bond acceptors (Lipinski definition) is 1. The highest BCUT2D eigenvalue weighted by Crippen LogP contribution is 2.31.